The molecular weight excluding hydrogens is 216 g/mol. The topological polar surface area (TPSA) is 59.0 Å². The summed E-state index contributed by atoms with van der Waals surface area (Å²) in [5.41, 5.74) is 1.72. The standard InChI is InChI=1S/C12H22N4O/c1-6-9-10(8-16(5)15-9)13-7-11(17)14-12(2,3)4/h8,13H,6-7H2,1-5H3,(H,14,17). The summed E-state index contributed by atoms with van der Waals surface area (Å²) in [7, 11) is 1.87. The van der Waals surface area contributed by atoms with E-state index < -0.39 is 0 Å². The molecule has 5 nitrogen and oxygen atoms in total. The minimum absolute atomic E-state index is 0.0107. The van der Waals surface area contributed by atoms with Gasteiger partial charge in [0.1, 0.15) is 0 Å². The fourth-order valence-corrected chi connectivity index (χ4v) is 1.58. The molecule has 0 aromatic carbocycles. The predicted molar refractivity (Wildman–Crippen MR) is 69.0 cm³/mol. The molecule has 0 bridgehead atoms. The van der Waals surface area contributed by atoms with Crippen LogP contribution in [0.25, 0.3) is 0 Å². The molecule has 0 saturated heterocycles. The van der Waals surface area contributed by atoms with Gasteiger partial charge in [0.05, 0.1) is 17.9 Å². The van der Waals surface area contributed by atoms with Gasteiger partial charge >= 0.3 is 0 Å². The molecule has 0 atom stereocenters. The van der Waals surface area contributed by atoms with Crippen molar-refractivity contribution >= 4 is 11.6 Å². The highest BCUT2D eigenvalue weighted by Gasteiger charge is 2.14. The summed E-state index contributed by atoms with van der Waals surface area (Å²) >= 11 is 0. The molecule has 1 aromatic heterocycles. The normalized spacial score (nSPS) is 11.4. The van der Waals surface area contributed by atoms with Gasteiger partial charge in [-0.3, -0.25) is 9.48 Å². The number of amides is 1. The van der Waals surface area contributed by atoms with Crippen LogP contribution in [0.2, 0.25) is 0 Å². The van der Waals surface area contributed by atoms with Crippen molar-refractivity contribution in [1.82, 2.24) is 15.1 Å². The third-order valence-electron chi connectivity index (χ3n) is 2.19. The van der Waals surface area contributed by atoms with E-state index in [-0.39, 0.29) is 18.0 Å². The minimum Gasteiger partial charge on any atom is -0.373 e. The fraction of sp³-hybridized carbons (Fsp3) is 0.667. The molecule has 1 amide bonds. The summed E-state index contributed by atoms with van der Waals surface area (Å²) in [6.07, 6.45) is 2.74. The molecule has 17 heavy (non-hydrogen) atoms. The van der Waals surface area contributed by atoms with E-state index in [1.54, 1.807) is 4.68 Å². The van der Waals surface area contributed by atoms with Crippen molar-refractivity contribution in [3.8, 4) is 0 Å². The monoisotopic (exact) mass is 238 g/mol. The van der Waals surface area contributed by atoms with Crippen LogP contribution in [0.5, 0.6) is 0 Å². The Kier molecular flexibility index (Phi) is 4.15. The Balaban J connectivity index is 2.53. The number of hydrogen-bond acceptors (Lipinski definition) is 3. The van der Waals surface area contributed by atoms with Crippen LogP contribution >= 0.6 is 0 Å². The van der Waals surface area contributed by atoms with E-state index >= 15 is 0 Å². The lowest BCUT2D eigenvalue weighted by molar-refractivity contribution is -0.120. The zero-order valence-corrected chi connectivity index (χ0v) is 11.3. The molecule has 0 aliphatic heterocycles. The second-order valence-corrected chi connectivity index (χ2v) is 5.17. The quantitative estimate of drug-likeness (QED) is 0.831. The number of nitrogens with zero attached hydrogens (tertiary/aromatic N) is 2. The Bertz CT molecular complexity index is 390. The molecule has 0 saturated carbocycles. The number of aromatic nitrogens is 2. The van der Waals surface area contributed by atoms with Crippen molar-refractivity contribution in [1.29, 1.82) is 0 Å². The zero-order chi connectivity index (χ0) is 13.1. The molecule has 0 spiro atoms. The maximum Gasteiger partial charge on any atom is 0.239 e. The van der Waals surface area contributed by atoms with Gasteiger partial charge in [0, 0.05) is 18.8 Å². The average Bonchev–Trinajstić information content (AvgIpc) is 2.53. The molecule has 1 heterocycles. The predicted octanol–water partition coefficient (Wildman–Crippen LogP) is 1.31. The molecule has 1 rings (SSSR count). The number of rotatable bonds is 4. The van der Waals surface area contributed by atoms with E-state index in [1.165, 1.54) is 0 Å². The van der Waals surface area contributed by atoms with Gasteiger partial charge in [-0.05, 0) is 27.2 Å². The van der Waals surface area contributed by atoms with Gasteiger partial charge in [0.25, 0.3) is 0 Å². The summed E-state index contributed by atoms with van der Waals surface area (Å²) in [5.74, 6) is -0.0107. The Hall–Kier alpha value is -1.52. The third-order valence-corrected chi connectivity index (χ3v) is 2.19. The van der Waals surface area contributed by atoms with E-state index in [9.17, 15) is 4.79 Å². The maximum atomic E-state index is 11.6. The number of hydrogen-bond donors (Lipinski definition) is 2. The lowest BCUT2D eigenvalue weighted by atomic mass is 10.1. The Labute approximate surface area is 103 Å². The molecule has 96 valence electrons. The van der Waals surface area contributed by atoms with Gasteiger partial charge in [0.15, 0.2) is 0 Å². The largest absolute Gasteiger partial charge is 0.373 e. The van der Waals surface area contributed by atoms with Crippen molar-refractivity contribution < 1.29 is 4.79 Å². The number of aryl methyl sites for hydroxylation is 2. The molecule has 0 aliphatic carbocycles. The summed E-state index contributed by atoms with van der Waals surface area (Å²) in [4.78, 5) is 11.6. The van der Waals surface area contributed by atoms with Gasteiger partial charge in [-0.1, -0.05) is 6.92 Å². The number of nitrogens with one attached hydrogen (secondary N) is 2. The summed E-state index contributed by atoms with van der Waals surface area (Å²) in [6, 6.07) is 0. The molecule has 0 fully saturated rings. The van der Waals surface area contributed by atoms with Crippen molar-refractivity contribution in [2.45, 2.75) is 39.7 Å². The lowest BCUT2D eigenvalue weighted by Gasteiger charge is -2.20. The van der Waals surface area contributed by atoms with E-state index in [1.807, 2.05) is 40.9 Å². The molecule has 2 N–H and O–H groups in total. The van der Waals surface area contributed by atoms with E-state index in [2.05, 4.69) is 15.7 Å². The van der Waals surface area contributed by atoms with Crippen LogP contribution in [0.3, 0.4) is 0 Å². The first-order valence-corrected chi connectivity index (χ1v) is 5.89. The van der Waals surface area contributed by atoms with Crippen molar-refractivity contribution in [3.05, 3.63) is 11.9 Å². The second-order valence-electron chi connectivity index (χ2n) is 5.17. The van der Waals surface area contributed by atoms with Gasteiger partial charge in [-0.15, -0.1) is 0 Å². The number of carbonyl (C=O) groups excluding carboxylic acids is 1. The highest BCUT2D eigenvalue weighted by atomic mass is 16.2. The highest BCUT2D eigenvalue weighted by molar-refractivity contribution is 5.81. The Morgan fingerprint density at radius 3 is 2.65 bits per heavy atom. The minimum atomic E-state index is -0.193. The highest BCUT2D eigenvalue weighted by Crippen LogP contribution is 2.12. The first-order valence-electron chi connectivity index (χ1n) is 5.89. The smallest absolute Gasteiger partial charge is 0.239 e. The van der Waals surface area contributed by atoms with Crippen molar-refractivity contribution in [2.75, 3.05) is 11.9 Å². The van der Waals surface area contributed by atoms with Gasteiger partial charge in [-0.2, -0.15) is 5.10 Å². The van der Waals surface area contributed by atoms with Crippen LogP contribution in [0, 0.1) is 0 Å². The first-order chi connectivity index (χ1) is 7.81. The molecule has 0 aliphatic rings. The van der Waals surface area contributed by atoms with Crippen LogP contribution in [0.15, 0.2) is 6.20 Å². The van der Waals surface area contributed by atoms with Crippen LogP contribution < -0.4 is 10.6 Å². The number of carbonyl (C=O) groups is 1. The SMILES string of the molecule is CCc1nn(C)cc1NCC(=O)NC(C)(C)C. The van der Waals surface area contributed by atoms with Gasteiger partial charge in [0.2, 0.25) is 5.91 Å². The van der Waals surface area contributed by atoms with Crippen LogP contribution in [-0.4, -0.2) is 27.8 Å². The van der Waals surface area contributed by atoms with Crippen LogP contribution in [-0.2, 0) is 18.3 Å². The van der Waals surface area contributed by atoms with E-state index in [0.717, 1.165) is 17.8 Å². The maximum absolute atomic E-state index is 11.6. The third kappa shape index (κ3) is 4.46. The van der Waals surface area contributed by atoms with Crippen molar-refractivity contribution in [3.63, 3.8) is 0 Å². The van der Waals surface area contributed by atoms with Gasteiger partial charge in [-0.25, -0.2) is 0 Å². The van der Waals surface area contributed by atoms with E-state index in [0.29, 0.717) is 0 Å². The van der Waals surface area contributed by atoms with E-state index in [4.69, 9.17) is 0 Å². The number of anilines is 1. The van der Waals surface area contributed by atoms with Crippen LogP contribution in [0.1, 0.15) is 33.4 Å². The average molecular weight is 238 g/mol. The zero-order valence-electron chi connectivity index (χ0n) is 11.3. The molecular formula is C12H22N4O. The molecule has 0 unspecified atom stereocenters. The Morgan fingerprint density at radius 1 is 1.47 bits per heavy atom. The lowest BCUT2D eigenvalue weighted by Crippen LogP contribution is -2.43. The van der Waals surface area contributed by atoms with Gasteiger partial charge < -0.3 is 10.6 Å². The molecule has 1 aromatic rings. The summed E-state index contributed by atoms with van der Waals surface area (Å²) < 4.78 is 1.75. The van der Waals surface area contributed by atoms with Crippen LogP contribution in [0.4, 0.5) is 5.69 Å². The first kappa shape index (κ1) is 13.5. The fourth-order valence-electron chi connectivity index (χ4n) is 1.58. The summed E-state index contributed by atoms with van der Waals surface area (Å²) in [6.45, 7) is 8.21. The second kappa shape index (κ2) is 5.21. The molecule has 0 radical (unpaired) electrons. The Morgan fingerprint density at radius 2 is 2.12 bits per heavy atom. The summed E-state index contributed by atoms with van der Waals surface area (Å²) in [5, 5.41) is 10.3. The molecule has 5 heteroatoms. The van der Waals surface area contributed by atoms with Crippen molar-refractivity contribution in [2.24, 2.45) is 7.05 Å².